The fourth-order valence-corrected chi connectivity index (χ4v) is 4.16. The molecule has 0 aliphatic carbocycles. The number of halogens is 2. The third kappa shape index (κ3) is 4.98. The minimum absolute atomic E-state index is 0.160. The molecule has 1 heterocycles. The number of nitrogens with one attached hydrogen (secondary N) is 1. The Morgan fingerprint density at radius 3 is 2.38 bits per heavy atom. The molecule has 3 aromatic carbocycles. The second-order valence-corrected chi connectivity index (χ2v) is 9.61. The highest BCUT2D eigenvalue weighted by atomic mass is 79.9. The zero-order valence-electron chi connectivity index (χ0n) is 18.4. The minimum atomic E-state index is -0.776. The van der Waals surface area contributed by atoms with E-state index >= 15 is 0 Å². The third-order valence-electron chi connectivity index (χ3n) is 5.50. The number of carbonyl (C=O) groups is 3. The van der Waals surface area contributed by atoms with Gasteiger partial charge in [-0.15, -0.1) is 0 Å². The van der Waals surface area contributed by atoms with Crippen LogP contribution in [0, 0.1) is 13.8 Å². The number of barbiturate groups is 1. The molecule has 34 heavy (non-hydrogen) atoms. The van der Waals surface area contributed by atoms with Crippen LogP contribution in [0.5, 0.6) is 5.75 Å². The van der Waals surface area contributed by atoms with Crippen LogP contribution in [0.3, 0.4) is 0 Å². The number of rotatable bonds is 5. The van der Waals surface area contributed by atoms with Crippen molar-refractivity contribution in [2.24, 2.45) is 0 Å². The first-order chi connectivity index (χ1) is 16.2. The standard InChI is InChI=1S/C26H20Br2N2O4/c1-15-4-3-5-22(16(15)2)30-25(32)21(24(31)29-26(30)33)13-18-12-20(28)10-11-23(18)34-14-17-6-8-19(27)9-7-17/h3-13H,14H2,1-2H3,(H,29,31,33)/b21-13+. The molecular formula is C26H20Br2N2O4. The van der Waals surface area contributed by atoms with Crippen LogP contribution < -0.4 is 15.0 Å². The van der Waals surface area contributed by atoms with Crippen LogP contribution in [-0.4, -0.2) is 17.8 Å². The maximum Gasteiger partial charge on any atom is 0.335 e. The van der Waals surface area contributed by atoms with E-state index in [1.165, 1.54) is 6.08 Å². The molecule has 0 radical (unpaired) electrons. The average molecular weight is 584 g/mol. The van der Waals surface area contributed by atoms with Gasteiger partial charge < -0.3 is 4.74 Å². The van der Waals surface area contributed by atoms with Crippen LogP contribution in [0.2, 0.25) is 0 Å². The van der Waals surface area contributed by atoms with Gasteiger partial charge in [0.25, 0.3) is 11.8 Å². The first-order valence-corrected chi connectivity index (χ1v) is 12.0. The van der Waals surface area contributed by atoms with E-state index in [4.69, 9.17) is 4.74 Å². The highest BCUT2D eigenvalue weighted by Gasteiger charge is 2.37. The van der Waals surface area contributed by atoms with Crippen LogP contribution in [0.15, 0.2) is 75.2 Å². The van der Waals surface area contributed by atoms with Gasteiger partial charge in [-0.2, -0.15) is 0 Å². The Morgan fingerprint density at radius 1 is 0.941 bits per heavy atom. The molecule has 0 saturated carbocycles. The Balaban J connectivity index is 1.69. The summed E-state index contributed by atoms with van der Waals surface area (Å²) < 4.78 is 7.71. The van der Waals surface area contributed by atoms with Crippen molar-refractivity contribution in [3.8, 4) is 5.75 Å². The van der Waals surface area contributed by atoms with Gasteiger partial charge in [-0.3, -0.25) is 14.9 Å². The Morgan fingerprint density at radius 2 is 1.65 bits per heavy atom. The summed E-state index contributed by atoms with van der Waals surface area (Å²) in [4.78, 5) is 39.6. The second kappa shape index (κ2) is 9.95. The van der Waals surface area contributed by atoms with E-state index < -0.39 is 17.8 Å². The van der Waals surface area contributed by atoms with Crippen LogP contribution in [0.4, 0.5) is 10.5 Å². The lowest BCUT2D eigenvalue weighted by Gasteiger charge is -2.28. The van der Waals surface area contributed by atoms with Crippen molar-refractivity contribution in [2.45, 2.75) is 20.5 Å². The molecule has 172 valence electrons. The summed E-state index contributed by atoms with van der Waals surface area (Å²) in [7, 11) is 0. The first-order valence-electron chi connectivity index (χ1n) is 10.4. The number of benzene rings is 3. The normalized spacial score (nSPS) is 15.0. The molecule has 4 rings (SSSR count). The van der Waals surface area contributed by atoms with Crippen molar-refractivity contribution in [1.82, 2.24) is 5.32 Å². The lowest BCUT2D eigenvalue weighted by molar-refractivity contribution is -0.122. The lowest BCUT2D eigenvalue weighted by Crippen LogP contribution is -2.54. The number of amides is 4. The SMILES string of the molecule is Cc1cccc(N2C(=O)NC(=O)/C(=C\c3cc(Br)ccc3OCc3ccc(Br)cc3)C2=O)c1C. The van der Waals surface area contributed by atoms with Gasteiger partial charge in [-0.1, -0.05) is 56.1 Å². The van der Waals surface area contributed by atoms with Crippen LogP contribution in [-0.2, 0) is 16.2 Å². The Hall–Kier alpha value is -3.23. The average Bonchev–Trinajstić information content (AvgIpc) is 2.80. The topological polar surface area (TPSA) is 75.7 Å². The zero-order chi connectivity index (χ0) is 24.4. The summed E-state index contributed by atoms with van der Waals surface area (Å²) in [6, 6.07) is 17.6. The van der Waals surface area contributed by atoms with E-state index in [0.29, 0.717) is 23.6 Å². The molecule has 3 aromatic rings. The number of imide groups is 2. The predicted molar refractivity (Wildman–Crippen MR) is 138 cm³/mol. The van der Waals surface area contributed by atoms with Crippen molar-refractivity contribution in [2.75, 3.05) is 4.90 Å². The zero-order valence-corrected chi connectivity index (χ0v) is 21.6. The number of aryl methyl sites for hydroxylation is 1. The van der Waals surface area contributed by atoms with Crippen molar-refractivity contribution in [3.05, 3.63) is 97.4 Å². The van der Waals surface area contributed by atoms with Crippen molar-refractivity contribution in [1.29, 1.82) is 0 Å². The van der Waals surface area contributed by atoms with Crippen molar-refractivity contribution >= 4 is 61.5 Å². The van der Waals surface area contributed by atoms with Gasteiger partial charge >= 0.3 is 6.03 Å². The van der Waals surface area contributed by atoms with Gasteiger partial charge in [0.1, 0.15) is 17.9 Å². The van der Waals surface area contributed by atoms with Crippen molar-refractivity contribution in [3.63, 3.8) is 0 Å². The fourth-order valence-electron chi connectivity index (χ4n) is 3.51. The molecule has 0 atom stereocenters. The number of ether oxygens (including phenoxy) is 1. The molecule has 0 unspecified atom stereocenters. The largest absolute Gasteiger partial charge is 0.488 e. The van der Waals surface area contributed by atoms with E-state index in [9.17, 15) is 14.4 Å². The van der Waals surface area contributed by atoms with Gasteiger partial charge in [-0.25, -0.2) is 9.69 Å². The number of hydrogen-bond acceptors (Lipinski definition) is 4. The first kappa shape index (κ1) is 23.9. The molecule has 1 saturated heterocycles. The molecule has 1 N–H and O–H groups in total. The smallest absolute Gasteiger partial charge is 0.335 e. The summed E-state index contributed by atoms with van der Waals surface area (Å²) in [6.07, 6.45) is 1.45. The van der Waals surface area contributed by atoms with Crippen LogP contribution in [0.1, 0.15) is 22.3 Å². The highest BCUT2D eigenvalue weighted by molar-refractivity contribution is 9.10. The third-order valence-corrected chi connectivity index (χ3v) is 6.52. The maximum absolute atomic E-state index is 13.3. The summed E-state index contributed by atoms with van der Waals surface area (Å²) in [5.41, 5.74) is 3.47. The van der Waals surface area contributed by atoms with Gasteiger partial charge in [0.05, 0.1) is 5.69 Å². The molecule has 0 bridgehead atoms. The Bertz CT molecular complexity index is 1330. The lowest BCUT2D eigenvalue weighted by atomic mass is 10.0. The molecule has 6 nitrogen and oxygen atoms in total. The number of hydrogen-bond donors (Lipinski definition) is 1. The fraction of sp³-hybridized carbons (Fsp3) is 0.115. The van der Waals surface area contributed by atoms with E-state index in [-0.39, 0.29) is 5.57 Å². The Kier molecular flexibility index (Phi) is 7.00. The number of carbonyl (C=O) groups excluding carboxylic acids is 3. The molecule has 0 aromatic heterocycles. The number of urea groups is 1. The number of anilines is 1. The number of nitrogens with zero attached hydrogens (tertiary/aromatic N) is 1. The van der Waals surface area contributed by atoms with E-state index in [0.717, 1.165) is 30.5 Å². The summed E-state index contributed by atoms with van der Waals surface area (Å²) in [6.45, 7) is 4.02. The van der Waals surface area contributed by atoms with Gasteiger partial charge in [0.2, 0.25) is 0 Å². The van der Waals surface area contributed by atoms with Gasteiger partial charge in [0, 0.05) is 14.5 Å². The van der Waals surface area contributed by atoms with Crippen molar-refractivity contribution < 1.29 is 19.1 Å². The van der Waals surface area contributed by atoms with E-state index in [2.05, 4.69) is 37.2 Å². The molecule has 4 amide bonds. The molecule has 8 heteroatoms. The predicted octanol–water partition coefficient (Wildman–Crippen LogP) is 6.07. The minimum Gasteiger partial charge on any atom is -0.488 e. The molecule has 1 aliphatic heterocycles. The van der Waals surface area contributed by atoms with E-state index in [1.807, 2.05) is 50.2 Å². The van der Waals surface area contributed by atoms with Crippen LogP contribution in [0.25, 0.3) is 6.08 Å². The maximum atomic E-state index is 13.3. The molecule has 1 fully saturated rings. The van der Waals surface area contributed by atoms with Gasteiger partial charge in [0.15, 0.2) is 0 Å². The summed E-state index contributed by atoms with van der Waals surface area (Å²) in [5, 5.41) is 2.27. The monoisotopic (exact) mass is 582 g/mol. The summed E-state index contributed by atoms with van der Waals surface area (Å²) >= 11 is 6.84. The second-order valence-electron chi connectivity index (χ2n) is 7.77. The molecule has 0 spiro atoms. The van der Waals surface area contributed by atoms with E-state index in [1.54, 1.807) is 24.3 Å². The summed E-state index contributed by atoms with van der Waals surface area (Å²) in [5.74, 6) is -0.953. The van der Waals surface area contributed by atoms with Gasteiger partial charge in [-0.05, 0) is 73.0 Å². The quantitative estimate of drug-likeness (QED) is 0.292. The highest BCUT2D eigenvalue weighted by Crippen LogP contribution is 2.30. The molecular weight excluding hydrogens is 564 g/mol. The van der Waals surface area contributed by atoms with Crippen LogP contribution >= 0.6 is 31.9 Å². The Labute approximate surface area is 213 Å². The molecule has 1 aliphatic rings.